The minimum Gasteiger partial charge on any atom is -0.481 e. The van der Waals surface area contributed by atoms with E-state index >= 15 is 0 Å². The summed E-state index contributed by atoms with van der Waals surface area (Å²) in [6.07, 6.45) is 0. The number of aryl methyl sites for hydroxylation is 1. The summed E-state index contributed by atoms with van der Waals surface area (Å²) in [6.45, 7) is 1.73. The average Bonchev–Trinajstić information content (AvgIpc) is 2.89. The fourth-order valence-electron chi connectivity index (χ4n) is 2.32. The monoisotopic (exact) mass is 333 g/mol. The third kappa shape index (κ3) is 3.06. The van der Waals surface area contributed by atoms with Crippen LogP contribution in [-0.2, 0) is 19.6 Å². The van der Waals surface area contributed by atoms with Crippen molar-refractivity contribution in [2.75, 3.05) is 20.3 Å². The summed E-state index contributed by atoms with van der Waals surface area (Å²) in [5.41, 5.74) is 0.553. The first-order chi connectivity index (χ1) is 9.75. The smallest absolute Gasteiger partial charge is 0.310 e. The van der Waals surface area contributed by atoms with Crippen LogP contribution in [0.5, 0.6) is 0 Å². The molecule has 0 aliphatic carbocycles. The Labute approximate surface area is 128 Å². The van der Waals surface area contributed by atoms with Crippen LogP contribution >= 0.6 is 11.6 Å². The van der Waals surface area contributed by atoms with Crippen molar-refractivity contribution in [3.63, 3.8) is 0 Å². The van der Waals surface area contributed by atoms with E-state index in [0.717, 1.165) is 4.31 Å². The van der Waals surface area contributed by atoms with E-state index in [-0.39, 0.29) is 18.1 Å². The molecule has 6 nitrogen and oxygen atoms in total. The maximum absolute atomic E-state index is 12.7. The van der Waals surface area contributed by atoms with Crippen LogP contribution in [0.3, 0.4) is 0 Å². The second-order valence-electron chi connectivity index (χ2n) is 4.98. The molecule has 0 spiro atoms. The highest BCUT2D eigenvalue weighted by Crippen LogP contribution is 2.28. The van der Waals surface area contributed by atoms with E-state index in [2.05, 4.69) is 0 Å². The third-order valence-electron chi connectivity index (χ3n) is 3.64. The Bertz CT molecular complexity index is 661. The maximum atomic E-state index is 12.7. The molecule has 1 fully saturated rings. The van der Waals surface area contributed by atoms with Crippen molar-refractivity contribution in [2.45, 2.75) is 17.9 Å². The van der Waals surface area contributed by atoms with Gasteiger partial charge in [-0.05, 0) is 24.6 Å². The highest BCUT2D eigenvalue weighted by molar-refractivity contribution is 7.89. The number of hydrogen-bond acceptors (Lipinski definition) is 4. The topological polar surface area (TPSA) is 83.9 Å². The minimum atomic E-state index is -3.84. The van der Waals surface area contributed by atoms with Gasteiger partial charge in [0.15, 0.2) is 0 Å². The Hall–Kier alpha value is -1.15. The number of rotatable bonds is 4. The summed E-state index contributed by atoms with van der Waals surface area (Å²) in [4.78, 5) is 11.3. The third-order valence-corrected chi connectivity index (χ3v) is 5.90. The Morgan fingerprint density at radius 1 is 1.43 bits per heavy atom. The first-order valence-electron chi connectivity index (χ1n) is 6.30. The minimum absolute atomic E-state index is 0.00832. The van der Waals surface area contributed by atoms with Gasteiger partial charge in [-0.15, -0.1) is 0 Å². The molecule has 2 rings (SSSR count). The Balaban J connectivity index is 2.39. The summed E-state index contributed by atoms with van der Waals surface area (Å²) in [7, 11) is -2.47. The van der Waals surface area contributed by atoms with Crippen LogP contribution in [0.4, 0.5) is 0 Å². The molecular formula is C13H16ClNO5S. The molecule has 2 unspecified atom stereocenters. The van der Waals surface area contributed by atoms with Crippen LogP contribution in [0.1, 0.15) is 5.56 Å². The number of sulfonamides is 1. The lowest BCUT2D eigenvalue weighted by atomic mass is 10.1. The largest absolute Gasteiger partial charge is 0.481 e. The zero-order chi connectivity index (χ0) is 15.8. The zero-order valence-electron chi connectivity index (χ0n) is 11.6. The van der Waals surface area contributed by atoms with E-state index in [4.69, 9.17) is 21.4 Å². The first kappa shape index (κ1) is 16.2. The second-order valence-corrected chi connectivity index (χ2v) is 7.38. The van der Waals surface area contributed by atoms with Gasteiger partial charge in [0.25, 0.3) is 0 Å². The fourth-order valence-corrected chi connectivity index (χ4v) is 4.18. The Kier molecular flexibility index (Phi) is 4.57. The van der Waals surface area contributed by atoms with Crippen molar-refractivity contribution in [1.82, 2.24) is 4.31 Å². The molecule has 1 aromatic rings. The van der Waals surface area contributed by atoms with Crippen molar-refractivity contribution in [3.8, 4) is 0 Å². The zero-order valence-corrected chi connectivity index (χ0v) is 13.2. The van der Waals surface area contributed by atoms with E-state index in [1.54, 1.807) is 19.1 Å². The van der Waals surface area contributed by atoms with Crippen molar-refractivity contribution < 1.29 is 23.1 Å². The van der Waals surface area contributed by atoms with E-state index in [1.807, 2.05) is 0 Å². The lowest BCUT2D eigenvalue weighted by Crippen LogP contribution is -2.44. The number of carbonyl (C=O) groups is 1. The standard InChI is InChI=1S/C13H16ClNO5S/c1-8-3-4-9(14)5-12(8)21(18,19)15(2)11-7-20-6-10(11)13(16)17/h3-5,10-11H,6-7H2,1-2H3,(H,16,17). The number of carboxylic acid groups (broad SMARTS) is 1. The molecule has 1 aliphatic heterocycles. The summed E-state index contributed by atoms with van der Waals surface area (Å²) >= 11 is 5.86. The summed E-state index contributed by atoms with van der Waals surface area (Å²) in [5, 5.41) is 9.46. The quantitative estimate of drug-likeness (QED) is 0.899. The number of benzene rings is 1. The lowest BCUT2D eigenvalue weighted by molar-refractivity contribution is -0.142. The number of hydrogen-bond donors (Lipinski definition) is 1. The summed E-state index contributed by atoms with van der Waals surface area (Å²) in [6, 6.07) is 3.86. The van der Waals surface area contributed by atoms with Gasteiger partial charge < -0.3 is 9.84 Å². The van der Waals surface area contributed by atoms with Crippen molar-refractivity contribution in [3.05, 3.63) is 28.8 Å². The van der Waals surface area contributed by atoms with Gasteiger partial charge in [0.2, 0.25) is 10.0 Å². The molecule has 116 valence electrons. The molecule has 1 N–H and O–H groups in total. The van der Waals surface area contributed by atoms with Crippen LogP contribution in [0, 0.1) is 12.8 Å². The van der Waals surface area contributed by atoms with E-state index in [0.29, 0.717) is 10.6 Å². The van der Waals surface area contributed by atoms with E-state index in [9.17, 15) is 13.2 Å². The molecule has 0 radical (unpaired) electrons. The van der Waals surface area contributed by atoms with E-state index in [1.165, 1.54) is 13.1 Å². The van der Waals surface area contributed by atoms with Gasteiger partial charge in [-0.25, -0.2) is 8.42 Å². The predicted molar refractivity (Wildman–Crippen MR) is 76.9 cm³/mol. The van der Waals surface area contributed by atoms with Gasteiger partial charge in [0.05, 0.1) is 30.1 Å². The van der Waals surface area contributed by atoms with Gasteiger partial charge in [-0.1, -0.05) is 17.7 Å². The van der Waals surface area contributed by atoms with Gasteiger partial charge >= 0.3 is 5.97 Å². The Morgan fingerprint density at radius 2 is 2.10 bits per heavy atom. The average molecular weight is 334 g/mol. The normalized spacial score (nSPS) is 22.7. The second kappa shape index (κ2) is 5.92. The van der Waals surface area contributed by atoms with E-state index < -0.39 is 28.0 Å². The van der Waals surface area contributed by atoms with Gasteiger partial charge in [-0.2, -0.15) is 4.31 Å². The number of aliphatic carboxylic acids is 1. The number of likely N-dealkylation sites (N-methyl/N-ethyl adjacent to an activating group) is 1. The van der Waals surface area contributed by atoms with Crippen LogP contribution in [-0.4, -0.2) is 50.1 Å². The summed E-state index contributed by atoms with van der Waals surface area (Å²) in [5.74, 6) is -1.94. The number of ether oxygens (including phenoxy) is 1. The molecule has 21 heavy (non-hydrogen) atoms. The maximum Gasteiger partial charge on any atom is 0.310 e. The molecule has 1 aromatic carbocycles. The van der Waals surface area contributed by atoms with Gasteiger partial charge in [0.1, 0.15) is 0 Å². The Morgan fingerprint density at radius 3 is 2.71 bits per heavy atom. The van der Waals surface area contributed by atoms with Crippen LogP contribution in [0.2, 0.25) is 5.02 Å². The molecule has 0 saturated carbocycles. The fraction of sp³-hybridized carbons (Fsp3) is 0.462. The number of carboxylic acids is 1. The van der Waals surface area contributed by atoms with Crippen molar-refractivity contribution >= 4 is 27.6 Å². The molecule has 1 heterocycles. The van der Waals surface area contributed by atoms with Crippen molar-refractivity contribution in [2.24, 2.45) is 5.92 Å². The number of nitrogens with zero attached hydrogens (tertiary/aromatic N) is 1. The molecule has 0 bridgehead atoms. The van der Waals surface area contributed by atoms with Crippen molar-refractivity contribution in [1.29, 1.82) is 0 Å². The molecule has 2 atom stereocenters. The lowest BCUT2D eigenvalue weighted by Gasteiger charge is -2.26. The summed E-state index contributed by atoms with van der Waals surface area (Å²) < 4.78 is 31.5. The van der Waals surface area contributed by atoms with Crippen LogP contribution in [0.25, 0.3) is 0 Å². The highest BCUT2D eigenvalue weighted by atomic mass is 35.5. The first-order valence-corrected chi connectivity index (χ1v) is 8.11. The van der Waals surface area contributed by atoms with Crippen LogP contribution < -0.4 is 0 Å². The molecule has 0 amide bonds. The molecule has 0 aromatic heterocycles. The molecular weight excluding hydrogens is 318 g/mol. The van der Waals surface area contributed by atoms with Gasteiger partial charge in [-0.3, -0.25) is 4.79 Å². The molecule has 1 aliphatic rings. The highest BCUT2D eigenvalue weighted by Gasteiger charge is 2.41. The predicted octanol–water partition coefficient (Wildman–Crippen LogP) is 1.37. The molecule has 1 saturated heterocycles. The molecule has 8 heteroatoms. The van der Waals surface area contributed by atoms with Crippen LogP contribution in [0.15, 0.2) is 23.1 Å². The van der Waals surface area contributed by atoms with Gasteiger partial charge in [0, 0.05) is 12.1 Å². The SMILES string of the molecule is Cc1ccc(Cl)cc1S(=O)(=O)N(C)C1COCC1C(=O)O. The number of halogens is 1.